The summed E-state index contributed by atoms with van der Waals surface area (Å²) in [6.07, 6.45) is -1.71. The zero-order chi connectivity index (χ0) is 13.0. The largest absolute Gasteiger partial charge is 1.00 e. The predicted molar refractivity (Wildman–Crippen MR) is 49.0 cm³/mol. The summed E-state index contributed by atoms with van der Waals surface area (Å²) in [5.41, 5.74) is 0. The van der Waals surface area contributed by atoms with Crippen molar-refractivity contribution in [3.63, 3.8) is 0 Å². The third-order valence-electron chi connectivity index (χ3n) is 0.930. The van der Waals surface area contributed by atoms with Gasteiger partial charge in [0.25, 0.3) is 0 Å². The van der Waals surface area contributed by atoms with Gasteiger partial charge in [-0.25, -0.2) is 0 Å². The van der Waals surface area contributed by atoms with Crippen LogP contribution in [0.2, 0.25) is 0 Å². The SMILES string of the molecule is O=C(CCC(=O)OS(=O)(=O)O)OS(=O)(=O)O.[H-].[H-].[H-].[H-].[Na+].[Na+].[Na+].[Na+]. The monoisotopic (exact) mass is 374 g/mol. The molecule has 0 amide bonds. The summed E-state index contributed by atoms with van der Waals surface area (Å²) in [5, 5.41) is 0. The Labute approximate surface area is 210 Å². The molecule has 20 heavy (non-hydrogen) atoms. The summed E-state index contributed by atoms with van der Waals surface area (Å²) < 4.78 is 62.7. The Morgan fingerprint density at radius 1 is 0.750 bits per heavy atom. The molecule has 10 nitrogen and oxygen atoms in total. The number of hydrogen-bond donors (Lipinski definition) is 2. The fraction of sp³-hybridized carbons (Fsp3) is 0.500. The Bertz CT molecular complexity index is 453. The van der Waals surface area contributed by atoms with E-state index in [1.807, 2.05) is 0 Å². The van der Waals surface area contributed by atoms with Gasteiger partial charge in [-0.2, -0.15) is 16.8 Å². The van der Waals surface area contributed by atoms with E-state index in [-0.39, 0.29) is 124 Å². The normalized spacial score (nSPS) is 9.50. The Morgan fingerprint density at radius 2 is 0.950 bits per heavy atom. The van der Waals surface area contributed by atoms with Crippen LogP contribution in [-0.2, 0) is 38.8 Å². The van der Waals surface area contributed by atoms with Gasteiger partial charge < -0.3 is 14.1 Å². The van der Waals surface area contributed by atoms with E-state index in [2.05, 4.69) is 8.37 Å². The first-order chi connectivity index (χ1) is 6.99. The van der Waals surface area contributed by atoms with E-state index >= 15 is 0 Å². The van der Waals surface area contributed by atoms with Gasteiger partial charge >= 0.3 is 151 Å². The van der Waals surface area contributed by atoms with E-state index < -0.39 is 45.6 Å². The van der Waals surface area contributed by atoms with Crippen molar-refractivity contribution in [1.29, 1.82) is 0 Å². The first-order valence-corrected chi connectivity index (χ1v) is 6.12. The summed E-state index contributed by atoms with van der Waals surface area (Å²) in [7, 11) is -9.95. The molecule has 0 aromatic carbocycles. The van der Waals surface area contributed by atoms with Crippen molar-refractivity contribution in [2.24, 2.45) is 0 Å². The van der Waals surface area contributed by atoms with Gasteiger partial charge in [0.1, 0.15) is 0 Å². The van der Waals surface area contributed by atoms with Gasteiger partial charge in [-0.3, -0.25) is 18.7 Å². The molecule has 16 heteroatoms. The van der Waals surface area contributed by atoms with Crippen LogP contribution in [0.15, 0.2) is 0 Å². The minimum atomic E-state index is -4.98. The van der Waals surface area contributed by atoms with Crippen LogP contribution in [0.5, 0.6) is 0 Å². The van der Waals surface area contributed by atoms with Crippen molar-refractivity contribution in [3.05, 3.63) is 0 Å². The van der Waals surface area contributed by atoms with Crippen molar-refractivity contribution in [1.82, 2.24) is 0 Å². The Kier molecular flexibility index (Phi) is 26.1. The average Bonchev–Trinajstić information content (AvgIpc) is 1.94. The summed E-state index contributed by atoms with van der Waals surface area (Å²) >= 11 is 0. The fourth-order valence-electron chi connectivity index (χ4n) is 0.522. The molecule has 0 aliphatic heterocycles. The number of hydrogen-bond acceptors (Lipinski definition) is 8. The van der Waals surface area contributed by atoms with Crippen LogP contribution < -0.4 is 118 Å². The van der Waals surface area contributed by atoms with E-state index in [1.54, 1.807) is 0 Å². The zero-order valence-corrected chi connectivity index (χ0v) is 21.0. The molecule has 0 aromatic heterocycles. The van der Waals surface area contributed by atoms with Crippen LogP contribution in [-0.4, -0.2) is 37.9 Å². The number of carbonyl (C=O) groups is 2. The molecule has 102 valence electrons. The second-order valence-corrected chi connectivity index (χ2v) is 4.31. The number of carbonyl (C=O) groups excluding carboxylic acids is 2. The standard InChI is InChI=1S/C4H6O10S2.4Na.4H/c5-3(13-15(7,8)9)1-2-4(6)14-16(10,11)12;;;;;;;;/h1-2H2,(H,7,8,9)(H,10,11,12);;;;;;;;/q;4*+1;4*-1. The fourth-order valence-corrected chi connectivity index (χ4v) is 1.16. The molecule has 0 aliphatic rings. The van der Waals surface area contributed by atoms with Crippen molar-refractivity contribution in [2.75, 3.05) is 0 Å². The van der Waals surface area contributed by atoms with Crippen LogP contribution in [0.1, 0.15) is 18.5 Å². The molecular weight excluding hydrogens is 364 g/mol. The summed E-state index contributed by atoms with van der Waals surface area (Å²) in [6.45, 7) is 0. The van der Waals surface area contributed by atoms with Gasteiger partial charge in [-0.1, -0.05) is 0 Å². The molecule has 0 bridgehead atoms. The summed E-state index contributed by atoms with van der Waals surface area (Å²) in [6, 6.07) is 0. The molecule has 0 aromatic rings. The minimum absolute atomic E-state index is 0. The van der Waals surface area contributed by atoms with Crippen LogP contribution >= 0.6 is 0 Å². The predicted octanol–water partition coefficient (Wildman–Crippen LogP) is -13.1. The molecule has 0 aliphatic carbocycles. The first-order valence-electron chi connectivity index (χ1n) is 3.39. The second-order valence-electron chi connectivity index (χ2n) is 2.27. The maximum absolute atomic E-state index is 10.5. The van der Waals surface area contributed by atoms with E-state index in [0.29, 0.717) is 0 Å². The van der Waals surface area contributed by atoms with E-state index in [9.17, 15) is 26.4 Å². The second kappa shape index (κ2) is 15.3. The molecule has 0 heterocycles. The third kappa shape index (κ3) is 25.7. The van der Waals surface area contributed by atoms with Crippen molar-refractivity contribution in [2.45, 2.75) is 12.8 Å². The van der Waals surface area contributed by atoms with Crippen LogP contribution in [0, 0.1) is 0 Å². The molecule has 2 N–H and O–H groups in total. The van der Waals surface area contributed by atoms with Gasteiger partial charge in [0.2, 0.25) is 0 Å². The molecule has 0 spiro atoms. The molecule has 0 saturated heterocycles. The Morgan fingerprint density at radius 3 is 1.10 bits per heavy atom. The Hall–Kier alpha value is 2.76. The molecule has 0 rings (SSSR count). The maximum atomic E-state index is 10.5. The maximum Gasteiger partial charge on any atom is 1.00 e. The molecule has 0 unspecified atom stereocenters. The van der Waals surface area contributed by atoms with Gasteiger partial charge in [0, 0.05) is 0 Å². The van der Waals surface area contributed by atoms with Gasteiger partial charge in [0.05, 0.1) is 12.8 Å². The molecule has 0 saturated carbocycles. The smallest absolute Gasteiger partial charge is 1.00 e. The molecular formula is C4H10Na4O10S2. The van der Waals surface area contributed by atoms with Gasteiger partial charge in [-0.15, -0.1) is 0 Å². The van der Waals surface area contributed by atoms with Crippen LogP contribution in [0.3, 0.4) is 0 Å². The number of rotatable bonds is 5. The average molecular weight is 374 g/mol. The molecule has 0 atom stereocenters. The van der Waals surface area contributed by atoms with Crippen LogP contribution in [0.4, 0.5) is 0 Å². The van der Waals surface area contributed by atoms with Gasteiger partial charge in [0.15, 0.2) is 0 Å². The molecule has 0 fully saturated rings. The summed E-state index contributed by atoms with van der Waals surface area (Å²) in [4.78, 5) is 21.1. The quantitative estimate of drug-likeness (QED) is 0.349. The van der Waals surface area contributed by atoms with Crippen LogP contribution in [0.25, 0.3) is 0 Å². The van der Waals surface area contributed by atoms with Gasteiger partial charge in [-0.05, 0) is 0 Å². The topological polar surface area (TPSA) is 161 Å². The van der Waals surface area contributed by atoms with Crippen molar-refractivity contribution in [3.8, 4) is 0 Å². The third-order valence-corrected chi connectivity index (χ3v) is 1.72. The summed E-state index contributed by atoms with van der Waals surface area (Å²) in [5.74, 6) is -2.98. The Balaban J connectivity index is -0.0000000402. The van der Waals surface area contributed by atoms with E-state index in [1.165, 1.54) is 0 Å². The molecule has 0 radical (unpaired) electrons. The van der Waals surface area contributed by atoms with Crippen molar-refractivity contribution < 1.29 is 168 Å². The van der Waals surface area contributed by atoms with E-state index in [4.69, 9.17) is 9.11 Å². The zero-order valence-electron chi connectivity index (χ0n) is 15.4. The minimum Gasteiger partial charge on any atom is -1.00 e. The van der Waals surface area contributed by atoms with Crippen molar-refractivity contribution >= 4 is 32.7 Å². The first kappa shape index (κ1) is 34.2. The van der Waals surface area contributed by atoms with E-state index in [0.717, 1.165) is 0 Å².